The van der Waals surface area contributed by atoms with E-state index in [0.717, 1.165) is 70.6 Å². The number of carbonyl (C=O) groups is 1. The molecule has 0 aromatic heterocycles. The first-order valence-electron chi connectivity index (χ1n) is 8.84. The molecule has 0 spiro atoms. The van der Waals surface area contributed by atoms with Crippen LogP contribution in [0.1, 0.15) is 98.3 Å². The van der Waals surface area contributed by atoms with Gasteiger partial charge in [-0.25, -0.2) is 0 Å². The van der Waals surface area contributed by atoms with Crippen molar-refractivity contribution in [3.05, 3.63) is 0 Å². The number of hydrogen-bond acceptors (Lipinski definition) is 2. The molecule has 0 radical (unpaired) electrons. The molecule has 0 aromatic rings. The predicted octanol–water partition coefficient (Wildman–Crippen LogP) is 5.89. The van der Waals surface area contributed by atoms with E-state index < -0.39 is 0 Å². The summed E-state index contributed by atoms with van der Waals surface area (Å²) in [5, 5.41) is 0. The SMILES string of the molecule is CCCCOC(=O)C(CCCC)(CCCC)CCCC. The third kappa shape index (κ3) is 7.31. The number of ether oxygens (including phenoxy) is 1. The zero-order valence-electron chi connectivity index (χ0n) is 14.3. The van der Waals surface area contributed by atoms with Crippen molar-refractivity contribution in [1.29, 1.82) is 0 Å². The Morgan fingerprint density at radius 1 is 0.750 bits per heavy atom. The molecule has 0 N–H and O–H groups in total. The van der Waals surface area contributed by atoms with Gasteiger partial charge in [-0.05, 0) is 25.7 Å². The van der Waals surface area contributed by atoms with Crippen LogP contribution in [0, 0.1) is 5.41 Å². The highest BCUT2D eigenvalue weighted by atomic mass is 16.5. The molecule has 0 fully saturated rings. The van der Waals surface area contributed by atoms with Crippen LogP contribution in [-0.4, -0.2) is 12.6 Å². The highest BCUT2D eigenvalue weighted by Gasteiger charge is 2.37. The third-order valence-corrected chi connectivity index (χ3v) is 4.19. The van der Waals surface area contributed by atoms with E-state index in [-0.39, 0.29) is 11.4 Å². The van der Waals surface area contributed by atoms with Crippen molar-refractivity contribution in [2.75, 3.05) is 6.61 Å². The van der Waals surface area contributed by atoms with Crippen molar-refractivity contribution >= 4 is 5.97 Å². The van der Waals surface area contributed by atoms with Gasteiger partial charge in [0, 0.05) is 0 Å². The van der Waals surface area contributed by atoms with Gasteiger partial charge in [0.1, 0.15) is 0 Å². The lowest BCUT2D eigenvalue weighted by Gasteiger charge is -2.32. The average Bonchev–Trinajstić information content (AvgIpc) is 2.47. The Hall–Kier alpha value is -0.530. The lowest BCUT2D eigenvalue weighted by Crippen LogP contribution is -2.33. The van der Waals surface area contributed by atoms with Crippen molar-refractivity contribution in [3.8, 4) is 0 Å². The van der Waals surface area contributed by atoms with Gasteiger partial charge in [-0.1, -0.05) is 72.6 Å². The summed E-state index contributed by atoms with van der Waals surface area (Å²) in [5.41, 5.74) is -0.199. The standard InChI is InChI=1S/C18H36O2/c1-5-9-13-18(14-10-6-2,15-11-7-3)17(19)20-16-12-8-4/h5-16H2,1-4H3. The Morgan fingerprint density at radius 2 is 1.15 bits per heavy atom. The quantitative estimate of drug-likeness (QED) is 0.311. The number of carbonyl (C=O) groups excluding carboxylic acids is 1. The second kappa shape index (κ2) is 12.2. The van der Waals surface area contributed by atoms with Crippen molar-refractivity contribution in [3.63, 3.8) is 0 Å². The maximum absolute atomic E-state index is 12.6. The zero-order chi connectivity index (χ0) is 15.3. The number of esters is 1. The van der Waals surface area contributed by atoms with E-state index in [4.69, 9.17) is 4.74 Å². The highest BCUT2D eigenvalue weighted by molar-refractivity contribution is 5.76. The van der Waals surface area contributed by atoms with Crippen molar-refractivity contribution in [2.24, 2.45) is 5.41 Å². The first-order valence-corrected chi connectivity index (χ1v) is 8.84. The fraction of sp³-hybridized carbons (Fsp3) is 0.944. The van der Waals surface area contributed by atoms with Crippen LogP contribution in [0.15, 0.2) is 0 Å². The molecule has 0 saturated heterocycles. The molecule has 0 aliphatic carbocycles. The normalized spacial score (nSPS) is 11.6. The molecule has 2 heteroatoms. The van der Waals surface area contributed by atoms with E-state index in [1.54, 1.807) is 0 Å². The van der Waals surface area contributed by atoms with Gasteiger partial charge in [0.05, 0.1) is 12.0 Å². The molecule has 0 unspecified atom stereocenters. The van der Waals surface area contributed by atoms with E-state index in [9.17, 15) is 4.79 Å². The fourth-order valence-electron chi connectivity index (χ4n) is 2.69. The number of rotatable bonds is 13. The summed E-state index contributed by atoms with van der Waals surface area (Å²) in [5.74, 6) is 0.0845. The maximum Gasteiger partial charge on any atom is 0.312 e. The number of unbranched alkanes of at least 4 members (excludes halogenated alkanes) is 4. The molecule has 0 aliphatic rings. The molecule has 2 nitrogen and oxygen atoms in total. The van der Waals surface area contributed by atoms with E-state index in [0.29, 0.717) is 6.61 Å². The summed E-state index contributed by atoms with van der Waals surface area (Å²) >= 11 is 0. The van der Waals surface area contributed by atoms with Gasteiger partial charge in [0.15, 0.2) is 0 Å². The summed E-state index contributed by atoms with van der Waals surface area (Å²) < 4.78 is 5.60. The molecule has 0 aliphatic heterocycles. The topological polar surface area (TPSA) is 26.3 Å². The smallest absolute Gasteiger partial charge is 0.312 e. The second-order valence-corrected chi connectivity index (χ2v) is 6.08. The van der Waals surface area contributed by atoms with Crippen LogP contribution in [-0.2, 0) is 9.53 Å². The maximum atomic E-state index is 12.6. The highest BCUT2D eigenvalue weighted by Crippen LogP contribution is 2.38. The molecule has 0 atom stereocenters. The van der Waals surface area contributed by atoms with Gasteiger partial charge in [-0.2, -0.15) is 0 Å². The molecule has 0 saturated carbocycles. The van der Waals surface area contributed by atoms with Gasteiger partial charge < -0.3 is 4.74 Å². The summed E-state index contributed by atoms with van der Waals surface area (Å²) in [6.07, 6.45) is 12.0. The molecule has 0 amide bonds. The van der Waals surface area contributed by atoms with Crippen LogP contribution in [0.25, 0.3) is 0 Å². The minimum atomic E-state index is -0.199. The third-order valence-electron chi connectivity index (χ3n) is 4.19. The van der Waals surface area contributed by atoms with Gasteiger partial charge in [-0.15, -0.1) is 0 Å². The van der Waals surface area contributed by atoms with E-state index >= 15 is 0 Å². The fourth-order valence-corrected chi connectivity index (χ4v) is 2.69. The minimum Gasteiger partial charge on any atom is -0.465 e. The summed E-state index contributed by atoms with van der Waals surface area (Å²) in [6.45, 7) is 9.33. The summed E-state index contributed by atoms with van der Waals surface area (Å²) in [6, 6.07) is 0. The first kappa shape index (κ1) is 19.5. The molecule has 0 aromatic carbocycles. The summed E-state index contributed by atoms with van der Waals surface area (Å²) in [7, 11) is 0. The molecule has 0 heterocycles. The predicted molar refractivity (Wildman–Crippen MR) is 86.9 cm³/mol. The van der Waals surface area contributed by atoms with Crippen LogP contribution in [0.4, 0.5) is 0 Å². The Morgan fingerprint density at radius 3 is 1.50 bits per heavy atom. The van der Waals surface area contributed by atoms with Gasteiger partial charge in [-0.3, -0.25) is 4.79 Å². The Balaban J connectivity index is 4.76. The van der Waals surface area contributed by atoms with Crippen LogP contribution in [0.3, 0.4) is 0 Å². The average molecular weight is 284 g/mol. The van der Waals surface area contributed by atoms with Crippen LogP contribution in [0.5, 0.6) is 0 Å². The Kier molecular flexibility index (Phi) is 11.9. The van der Waals surface area contributed by atoms with Gasteiger partial charge >= 0.3 is 5.97 Å². The minimum absolute atomic E-state index is 0.0845. The molecule has 0 rings (SSSR count). The molecular weight excluding hydrogens is 248 g/mol. The molecule has 20 heavy (non-hydrogen) atoms. The summed E-state index contributed by atoms with van der Waals surface area (Å²) in [4.78, 5) is 12.6. The van der Waals surface area contributed by atoms with E-state index in [1.807, 2.05) is 0 Å². The van der Waals surface area contributed by atoms with Crippen molar-refractivity contribution in [2.45, 2.75) is 98.3 Å². The molecule has 120 valence electrons. The lowest BCUT2D eigenvalue weighted by atomic mass is 9.74. The van der Waals surface area contributed by atoms with Crippen LogP contribution < -0.4 is 0 Å². The molecule has 0 bridgehead atoms. The Labute approximate surface area is 126 Å². The number of hydrogen-bond donors (Lipinski definition) is 0. The van der Waals surface area contributed by atoms with Crippen LogP contribution >= 0.6 is 0 Å². The Bertz CT molecular complexity index is 214. The van der Waals surface area contributed by atoms with Gasteiger partial charge in [0.2, 0.25) is 0 Å². The largest absolute Gasteiger partial charge is 0.465 e. The monoisotopic (exact) mass is 284 g/mol. The molecular formula is C18H36O2. The lowest BCUT2D eigenvalue weighted by molar-refractivity contribution is -0.158. The van der Waals surface area contributed by atoms with Gasteiger partial charge in [0.25, 0.3) is 0 Å². The van der Waals surface area contributed by atoms with Crippen molar-refractivity contribution in [1.82, 2.24) is 0 Å². The first-order chi connectivity index (χ1) is 9.66. The van der Waals surface area contributed by atoms with E-state index in [1.165, 1.54) is 0 Å². The van der Waals surface area contributed by atoms with E-state index in [2.05, 4.69) is 27.7 Å². The zero-order valence-corrected chi connectivity index (χ0v) is 14.3. The van der Waals surface area contributed by atoms with Crippen LogP contribution in [0.2, 0.25) is 0 Å². The van der Waals surface area contributed by atoms with Crippen molar-refractivity contribution < 1.29 is 9.53 Å². The second-order valence-electron chi connectivity index (χ2n) is 6.08.